The molecule has 0 atom stereocenters. The smallest absolute Gasteiger partial charge is 0.338 e. The number of rotatable bonds is 10. The van der Waals surface area contributed by atoms with Gasteiger partial charge in [-0.1, -0.05) is 11.6 Å². The molecule has 1 N–H and O–H groups in total. The highest BCUT2D eigenvalue weighted by Gasteiger charge is 2.18. The van der Waals surface area contributed by atoms with Crippen LogP contribution in [0.3, 0.4) is 0 Å². The van der Waals surface area contributed by atoms with Crippen LogP contribution in [0, 0.1) is 6.92 Å². The van der Waals surface area contributed by atoms with Crippen molar-refractivity contribution in [3.8, 4) is 16.9 Å². The number of ether oxygens (including phenoxy) is 1. The number of carbonyl (C=O) groups is 1. The number of halogens is 1. The third-order valence-corrected chi connectivity index (χ3v) is 8.55. The molecule has 0 amide bonds. The van der Waals surface area contributed by atoms with Crippen LogP contribution in [-0.4, -0.2) is 68.5 Å². The van der Waals surface area contributed by atoms with E-state index in [1.165, 1.54) is 11.3 Å². The van der Waals surface area contributed by atoms with Crippen LogP contribution in [0.2, 0.25) is 5.02 Å². The Hall–Kier alpha value is -3.51. The van der Waals surface area contributed by atoms with E-state index in [1.807, 2.05) is 20.2 Å². The van der Waals surface area contributed by atoms with Crippen LogP contribution in [0.15, 0.2) is 57.9 Å². The number of carboxylic acids is 1. The molecule has 0 bridgehead atoms. The number of aromatic carboxylic acids is 1. The first-order chi connectivity index (χ1) is 19.2. The van der Waals surface area contributed by atoms with Gasteiger partial charge in [0.15, 0.2) is 0 Å². The lowest BCUT2D eigenvalue weighted by atomic mass is 10.0. The molecule has 12 heteroatoms. The Balaban J connectivity index is 1.43. The second-order valence-electron chi connectivity index (χ2n) is 9.28. The fourth-order valence-corrected chi connectivity index (χ4v) is 6.69. The number of nitrogens with zero attached hydrogens (tertiary/aromatic N) is 5. The third kappa shape index (κ3) is 5.68. The van der Waals surface area contributed by atoms with Crippen LogP contribution >= 0.6 is 34.7 Å². The van der Waals surface area contributed by atoms with Crippen molar-refractivity contribution in [2.75, 3.05) is 33.0 Å². The summed E-state index contributed by atoms with van der Waals surface area (Å²) in [5.74, 6) is 0.929. The molecule has 40 heavy (non-hydrogen) atoms. The normalized spacial score (nSPS) is 11.5. The molecule has 1 aromatic carbocycles. The number of hydrogen-bond donors (Lipinski definition) is 1. The Morgan fingerprint density at radius 3 is 2.83 bits per heavy atom. The first-order valence-corrected chi connectivity index (χ1v) is 14.6. The topological polar surface area (TPSA) is 110 Å². The third-order valence-electron chi connectivity index (χ3n) is 6.31. The number of pyridine rings is 2. The molecule has 206 valence electrons. The quantitative estimate of drug-likeness (QED) is 0.210. The fraction of sp³-hybridized carbons (Fsp3) is 0.250. The minimum Gasteiger partial charge on any atom is -0.491 e. The van der Waals surface area contributed by atoms with Gasteiger partial charge in [0.2, 0.25) is 0 Å². The lowest BCUT2D eigenvalue weighted by molar-refractivity contribution is 0.0699. The summed E-state index contributed by atoms with van der Waals surface area (Å²) >= 11 is 9.24. The van der Waals surface area contributed by atoms with E-state index >= 15 is 0 Å². The van der Waals surface area contributed by atoms with Crippen molar-refractivity contribution < 1.29 is 14.6 Å². The van der Waals surface area contributed by atoms with Crippen molar-refractivity contribution in [3.05, 3.63) is 75.0 Å². The van der Waals surface area contributed by atoms with Gasteiger partial charge in [-0.05, 0) is 45.3 Å². The number of hydrogen-bond acceptors (Lipinski definition) is 9. The monoisotopic (exact) mass is 595 g/mol. The van der Waals surface area contributed by atoms with Gasteiger partial charge in [-0.2, -0.15) is 0 Å². The van der Waals surface area contributed by atoms with Gasteiger partial charge >= 0.3 is 5.97 Å². The molecule has 0 radical (unpaired) electrons. The second-order valence-corrected chi connectivity index (χ2v) is 11.7. The molecule has 5 aromatic rings. The zero-order valence-electron chi connectivity index (χ0n) is 22.0. The number of thioether (sulfide) groups is 1. The molecule has 0 fully saturated rings. The maximum Gasteiger partial charge on any atom is 0.338 e. The molecule has 5 rings (SSSR count). The summed E-state index contributed by atoms with van der Waals surface area (Å²) in [4.78, 5) is 41.3. The summed E-state index contributed by atoms with van der Waals surface area (Å²) in [6.45, 7) is 3.16. The van der Waals surface area contributed by atoms with E-state index in [2.05, 4.69) is 19.9 Å². The molecule has 0 aliphatic carbocycles. The minimum atomic E-state index is -1.03. The molecular weight excluding hydrogens is 570 g/mol. The van der Waals surface area contributed by atoms with Gasteiger partial charge in [0.05, 0.1) is 39.4 Å². The zero-order chi connectivity index (χ0) is 28.4. The average Bonchev–Trinajstić information content (AvgIpc) is 3.36. The average molecular weight is 596 g/mol. The number of aryl methyl sites for hydroxylation is 1. The van der Waals surface area contributed by atoms with Crippen molar-refractivity contribution in [1.82, 2.24) is 24.4 Å². The summed E-state index contributed by atoms with van der Waals surface area (Å²) in [5.41, 5.74) is 2.50. The van der Waals surface area contributed by atoms with E-state index in [0.717, 1.165) is 27.5 Å². The van der Waals surface area contributed by atoms with Gasteiger partial charge in [0, 0.05) is 51.1 Å². The van der Waals surface area contributed by atoms with Crippen molar-refractivity contribution in [3.63, 3.8) is 0 Å². The zero-order valence-corrected chi connectivity index (χ0v) is 24.4. The molecule has 0 spiro atoms. The molecule has 4 aromatic heterocycles. The predicted molar refractivity (Wildman–Crippen MR) is 160 cm³/mol. The molecule has 0 saturated heterocycles. The van der Waals surface area contributed by atoms with Crippen LogP contribution in [0.5, 0.6) is 5.75 Å². The summed E-state index contributed by atoms with van der Waals surface area (Å²) < 4.78 is 8.55. The van der Waals surface area contributed by atoms with E-state index in [4.69, 9.17) is 16.3 Å². The first kappa shape index (κ1) is 28.0. The number of aromatic nitrogens is 4. The van der Waals surface area contributed by atoms with Gasteiger partial charge in [-0.25, -0.2) is 9.78 Å². The number of fused-ring (bicyclic) bond motifs is 2. The number of thiophene rings is 1. The van der Waals surface area contributed by atoms with Crippen LogP contribution in [-0.2, 0) is 6.54 Å². The van der Waals surface area contributed by atoms with Gasteiger partial charge in [0.1, 0.15) is 18.2 Å². The van der Waals surface area contributed by atoms with Crippen molar-refractivity contribution in [2.24, 2.45) is 0 Å². The highest BCUT2D eigenvalue weighted by molar-refractivity contribution is 7.99. The maximum absolute atomic E-state index is 13.6. The SMILES string of the molecule is Cc1nc2cncc(SCCN(C)C)c2c(=O)n1CCOc1ccc(Cl)cc1-c1ccnc2c(C(=O)O)csc12. The highest BCUT2D eigenvalue weighted by atomic mass is 35.5. The van der Waals surface area contributed by atoms with Crippen LogP contribution in [0.4, 0.5) is 0 Å². The van der Waals surface area contributed by atoms with E-state index in [9.17, 15) is 14.7 Å². The van der Waals surface area contributed by atoms with Crippen molar-refractivity contribution in [2.45, 2.75) is 18.4 Å². The molecule has 0 aliphatic rings. The number of carboxylic acid groups (broad SMARTS) is 1. The van der Waals surface area contributed by atoms with E-state index in [1.54, 1.807) is 65.4 Å². The van der Waals surface area contributed by atoms with Gasteiger partial charge in [-0.3, -0.25) is 19.3 Å². The standard InChI is InChI=1S/C28H26ClN5O4S2/c1-16-32-21-13-30-14-23(39-11-9-33(2)3)24(21)27(35)34(16)8-10-38-22-5-4-17(29)12-19(22)18-6-7-31-25-20(28(36)37)15-40-26(18)25/h4-7,12-15H,8-11H2,1-3H3,(H,36,37). The van der Waals surface area contributed by atoms with Crippen molar-refractivity contribution >= 4 is 61.8 Å². The highest BCUT2D eigenvalue weighted by Crippen LogP contribution is 2.39. The Labute approximate surface area is 243 Å². The van der Waals surface area contributed by atoms with Gasteiger partial charge < -0.3 is 14.7 Å². The van der Waals surface area contributed by atoms with E-state index < -0.39 is 5.97 Å². The van der Waals surface area contributed by atoms with Crippen LogP contribution in [0.25, 0.3) is 32.2 Å². The van der Waals surface area contributed by atoms with Gasteiger partial charge in [0.25, 0.3) is 5.56 Å². The lowest BCUT2D eigenvalue weighted by Gasteiger charge is -2.16. The Morgan fingerprint density at radius 2 is 2.05 bits per heavy atom. The van der Waals surface area contributed by atoms with E-state index in [-0.39, 0.29) is 24.3 Å². The summed E-state index contributed by atoms with van der Waals surface area (Å²) in [6, 6.07) is 7.10. The van der Waals surface area contributed by atoms with Gasteiger partial charge in [-0.15, -0.1) is 23.1 Å². The first-order valence-electron chi connectivity index (χ1n) is 12.4. The molecule has 0 aliphatic heterocycles. The van der Waals surface area contributed by atoms with E-state index in [0.29, 0.717) is 38.6 Å². The second kappa shape index (κ2) is 11.9. The summed E-state index contributed by atoms with van der Waals surface area (Å²) in [7, 11) is 4.02. The summed E-state index contributed by atoms with van der Waals surface area (Å²) in [5, 5.41) is 12.2. The number of benzene rings is 1. The lowest BCUT2D eigenvalue weighted by Crippen LogP contribution is -2.27. The minimum absolute atomic E-state index is 0.132. The largest absolute Gasteiger partial charge is 0.491 e. The molecule has 0 saturated carbocycles. The van der Waals surface area contributed by atoms with Crippen molar-refractivity contribution in [1.29, 1.82) is 0 Å². The molecule has 4 heterocycles. The molecule has 9 nitrogen and oxygen atoms in total. The fourth-order valence-electron chi connectivity index (χ4n) is 4.34. The maximum atomic E-state index is 13.6. The Bertz CT molecular complexity index is 1790. The Morgan fingerprint density at radius 1 is 1.23 bits per heavy atom. The predicted octanol–water partition coefficient (Wildman–Crippen LogP) is 5.46. The summed E-state index contributed by atoms with van der Waals surface area (Å²) in [6.07, 6.45) is 4.92. The Kier molecular flexibility index (Phi) is 8.36. The molecular formula is C28H26ClN5O4S2. The molecule has 0 unspecified atom stereocenters. The van der Waals surface area contributed by atoms with Crippen LogP contribution in [0.1, 0.15) is 16.2 Å². The van der Waals surface area contributed by atoms with Crippen LogP contribution < -0.4 is 10.3 Å².